The first-order valence-corrected chi connectivity index (χ1v) is 6.83. The summed E-state index contributed by atoms with van der Waals surface area (Å²) in [4.78, 5) is 19.4. The van der Waals surface area contributed by atoms with E-state index in [1.165, 1.54) is 0 Å². The van der Waals surface area contributed by atoms with E-state index in [4.69, 9.17) is 0 Å². The minimum atomic E-state index is 0.0367. The first kappa shape index (κ1) is 12.5. The lowest BCUT2D eigenvalue weighted by Gasteiger charge is -2.33. The first-order valence-electron chi connectivity index (χ1n) is 6.83. The van der Waals surface area contributed by atoms with Gasteiger partial charge in [-0.2, -0.15) is 0 Å². The number of piperazine rings is 1. The number of hydrogen-bond donors (Lipinski definition) is 3. The van der Waals surface area contributed by atoms with Crippen LogP contribution in [0.1, 0.15) is 11.7 Å². The second kappa shape index (κ2) is 5.22. The number of rotatable bonds is 3. The number of urea groups is 1. The van der Waals surface area contributed by atoms with Crippen molar-refractivity contribution in [2.75, 3.05) is 39.8 Å². The summed E-state index contributed by atoms with van der Waals surface area (Å²) in [6.07, 6.45) is 1.89. The van der Waals surface area contributed by atoms with Crippen LogP contribution in [0, 0.1) is 0 Å². The minimum Gasteiger partial charge on any atom is -0.363 e. The predicted octanol–water partition coefficient (Wildman–Crippen LogP) is -0.0154. The molecule has 0 radical (unpaired) electrons. The summed E-state index contributed by atoms with van der Waals surface area (Å²) in [6, 6.07) is 4.47. The summed E-state index contributed by atoms with van der Waals surface area (Å²) in [5, 5.41) is 6.50. The van der Waals surface area contributed by atoms with Gasteiger partial charge in [0.15, 0.2) is 0 Å². The van der Waals surface area contributed by atoms with Gasteiger partial charge in [-0.1, -0.05) is 0 Å². The van der Waals surface area contributed by atoms with Crippen molar-refractivity contribution >= 4 is 6.03 Å². The lowest BCUT2D eigenvalue weighted by Crippen LogP contribution is -2.54. The highest BCUT2D eigenvalue weighted by Gasteiger charge is 2.32. The number of carbonyl (C=O) groups is 1. The molecule has 2 saturated heterocycles. The standard InChI is InChI=1S/C13H21N5O/c1-17-6-5-14-10(7-17)8-18-9-12(16-13(18)19)11-3-2-4-15-11/h2-4,10,12,14-15H,5-9H2,1H3,(H,16,19). The van der Waals surface area contributed by atoms with E-state index in [2.05, 4.69) is 27.6 Å². The highest BCUT2D eigenvalue weighted by atomic mass is 16.2. The molecule has 1 aromatic heterocycles. The van der Waals surface area contributed by atoms with Gasteiger partial charge in [-0.25, -0.2) is 4.79 Å². The maximum absolute atomic E-state index is 12.0. The van der Waals surface area contributed by atoms with Crippen molar-refractivity contribution in [3.8, 4) is 0 Å². The highest BCUT2D eigenvalue weighted by Crippen LogP contribution is 2.18. The van der Waals surface area contributed by atoms with Gasteiger partial charge in [0, 0.05) is 50.7 Å². The van der Waals surface area contributed by atoms with Crippen LogP contribution in [0.3, 0.4) is 0 Å². The quantitative estimate of drug-likeness (QED) is 0.718. The van der Waals surface area contributed by atoms with Gasteiger partial charge in [0.2, 0.25) is 0 Å². The molecule has 0 bridgehead atoms. The molecule has 2 atom stereocenters. The van der Waals surface area contributed by atoms with Crippen molar-refractivity contribution in [2.24, 2.45) is 0 Å². The highest BCUT2D eigenvalue weighted by molar-refractivity contribution is 5.77. The molecule has 3 rings (SSSR count). The van der Waals surface area contributed by atoms with Crippen molar-refractivity contribution < 1.29 is 4.79 Å². The zero-order valence-corrected chi connectivity index (χ0v) is 11.2. The van der Waals surface area contributed by atoms with Crippen LogP contribution in [-0.4, -0.2) is 66.6 Å². The molecule has 6 nitrogen and oxygen atoms in total. The van der Waals surface area contributed by atoms with E-state index in [0.717, 1.165) is 38.4 Å². The van der Waals surface area contributed by atoms with E-state index in [-0.39, 0.29) is 12.1 Å². The summed E-state index contributed by atoms with van der Waals surface area (Å²) < 4.78 is 0. The third kappa shape index (κ3) is 2.74. The fourth-order valence-corrected chi connectivity index (χ4v) is 2.86. The molecule has 2 aliphatic heterocycles. The number of aromatic amines is 1. The summed E-state index contributed by atoms with van der Waals surface area (Å²) in [7, 11) is 2.12. The monoisotopic (exact) mass is 263 g/mol. The minimum absolute atomic E-state index is 0.0367. The molecule has 2 fully saturated rings. The average Bonchev–Trinajstić information content (AvgIpc) is 3.00. The van der Waals surface area contributed by atoms with E-state index in [1.54, 1.807) is 0 Å². The van der Waals surface area contributed by atoms with Gasteiger partial charge in [0.25, 0.3) is 0 Å². The molecule has 0 spiro atoms. The van der Waals surface area contributed by atoms with Gasteiger partial charge in [-0.15, -0.1) is 0 Å². The Kier molecular flexibility index (Phi) is 3.44. The molecular weight excluding hydrogens is 242 g/mol. The van der Waals surface area contributed by atoms with E-state index in [9.17, 15) is 4.79 Å². The lowest BCUT2D eigenvalue weighted by molar-refractivity contribution is 0.186. The Morgan fingerprint density at radius 1 is 1.42 bits per heavy atom. The summed E-state index contributed by atoms with van der Waals surface area (Å²) >= 11 is 0. The lowest BCUT2D eigenvalue weighted by atomic mass is 10.2. The Bertz CT molecular complexity index is 432. The molecule has 6 heteroatoms. The van der Waals surface area contributed by atoms with Gasteiger partial charge < -0.3 is 25.4 Å². The zero-order valence-electron chi connectivity index (χ0n) is 11.2. The predicted molar refractivity (Wildman–Crippen MR) is 72.9 cm³/mol. The van der Waals surface area contributed by atoms with Gasteiger partial charge in [-0.3, -0.25) is 0 Å². The fraction of sp³-hybridized carbons (Fsp3) is 0.615. The number of amides is 2. The molecule has 2 aliphatic rings. The van der Waals surface area contributed by atoms with Crippen LogP contribution in [0.2, 0.25) is 0 Å². The van der Waals surface area contributed by atoms with Gasteiger partial charge >= 0.3 is 6.03 Å². The first-order chi connectivity index (χ1) is 9.22. The summed E-state index contributed by atoms with van der Waals surface area (Å²) in [6.45, 7) is 4.58. The second-order valence-corrected chi connectivity index (χ2v) is 5.45. The molecule has 2 unspecified atom stereocenters. The molecule has 0 aliphatic carbocycles. The van der Waals surface area contributed by atoms with E-state index >= 15 is 0 Å². The van der Waals surface area contributed by atoms with Crippen LogP contribution in [-0.2, 0) is 0 Å². The Balaban J connectivity index is 1.58. The Hall–Kier alpha value is -1.53. The average molecular weight is 263 g/mol. The van der Waals surface area contributed by atoms with E-state index < -0.39 is 0 Å². The van der Waals surface area contributed by atoms with Gasteiger partial charge in [0.05, 0.1) is 6.04 Å². The van der Waals surface area contributed by atoms with Crippen LogP contribution >= 0.6 is 0 Å². The third-order valence-corrected chi connectivity index (χ3v) is 3.88. The molecule has 0 aromatic carbocycles. The topological polar surface area (TPSA) is 63.4 Å². The number of nitrogens with one attached hydrogen (secondary N) is 3. The van der Waals surface area contributed by atoms with Crippen molar-refractivity contribution in [1.29, 1.82) is 0 Å². The number of carbonyl (C=O) groups excluding carboxylic acids is 1. The maximum atomic E-state index is 12.0. The van der Waals surface area contributed by atoms with Crippen molar-refractivity contribution in [1.82, 2.24) is 25.4 Å². The van der Waals surface area contributed by atoms with Crippen LogP contribution in [0.15, 0.2) is 18.3 Å². The Labute approximate surface area is 113 Å². The van der Waals surface area contributed by atoms with Crippen LogP contribution in [0.5, 0.6) is 0 Å². The number of likely N-dealkylation sites (N-methyl/N-ethyl adjacent to an activating group) is 1. The number of hydrogen-bond acceptors (Lipinski definition) is 3. The van der Waals surface area contributed by atoms with Crippen LogP contribution < -0.4 is 10.6 Å². The Morgan fingerprint density at radius 2 is 2.32 bits per heavy atom. The molecule has 0 saturated carbocycles. The Morgan fingerprint density at radius 3 is 3.05 bits per heavy atom. The zero-order chi connectivity index (χ0) is 13.2. The normalized spacial score (nSPS) is 28.7. The maximum Gasteiger partial charge on any atom is 0.318 e. The number of H-pyrrole nitrogens is 1. The molecule has 1 aromatic rings. The SMILES string of the molecule is CN1CCNC(CN2CC(c3ccc[nH]3)NC2=O)C1. The smallest absolute Gasteiger partial charge is 0.318 e. The largest absolute Gasteiger partial charge is 0.363 e. The van der Waals surface area contributed by atoms with Crippen molar-refractivity contribution in [3.05, 3.63) is 24.0 Å². The van der Waals surface area contributed by atoms with Crippen molar-refractivity contribution in [3.63, 3.8) is 0 Å². The molecule has 3 N–H and O–H groups in total. The van der Waals surface area contributed by atoms with Gasteiger partial charge in [0.1, 0.15) is 0 Å². The van der Waals surface area contributed by atoms with Crippen LogP contribution in [0.25, 0.3) is 0 Å². The molecule has 104 valence electrons. The van der Waals surface area contributed by atoms with E-state index in [0.29, 0.717) is 6.04 Å². The third-order valence-electron chi connectivity index (χ3n) is 3.88. The molecule has 19 heavy (non-hydrogen) atoms. The summed E-state index contributed by atoms with van der Waals surface area (Å²) in [5.41, 5.74) is 1.07. The van der Waals surface area contributed by atoms with Crippen molar-refractivity contribution in [2.45, 2.75) is 12.1 Å². The van der Waals surface area contributed by atoms with Gasteiger partial charge in [-0.05, 0) is 19.2 Å². The second-order valence-electron chi connectivity index (χ2n) is 5.45. The number of aromatic nitrogens is 1. The van der Waals surface area contributed by atoms with E-state index in [1.807, 2.05) is 23.2 Å². The molecule has 3 heterocycles. The molecule has 2 amide bonds. The van der Waals surface area contributed by atoms with Crippen LogP contribution in [0.4, 0.5) is 4.79 Å². The fourth-order valence-electron chi connectivity index (χ4n) is 2.86. The summed E-state index contributed by atoms with van der Waals surface area (Å²) in [5.74, 6) is 0. The molecular formula is C13H21N5O. The number of nitrogens with zero attached hydrogens (tertiary/aromatic N) is 2.